The van der Waals surface area contributed by atoms with Crippen molar-refractivity contribution in [2.24, 2.45) is 5.41 Å². The average molecular weight is 154 g/mol. The molecule has 0 heteroatoms. The summed E-state index contributed by atoms with van der Waals surface area (Å²) < 4.78 is 0. The zero-order chi connectivity index (χ0) is 8.74. The van der Waals surface area contributed by atoms with Gasteiger partial charge in [0.2, 0.25) is 0 Å². The normalized spacial score (nSPS) is 12.7. The van der Waals surface area contributed by atoms with Crippen molar-refractivity contribution in [2.75, 3.05) is 0 Å². The lowest BCUT2D eigenvalue weighted by Gasteiger charge is -2.21. The van der Waals surface area contributed by atoms with Crippen molar-refractivity contribution in [1.29, 1.82) is 0 Å². The largest absolute Gasteiger partial charge is 0.0917 e. The lowest BCUT2D eigenvalue weighted by Crippen LogP contribution is -2.08. The van der Waals surface area contributed by atoms with Crippen LogP contribution in [0.2, 0.25) is 0 Å². The summed E-state index contributed by atoms with van der Waals surface area (Å²) in [7, 11) is 0. The van der Waals surface area contributed by atoms with Crippen LogP contribution in [-0.2, 0) is 0 Å². The van der Waals surface area contributed by atoms with Gasteiger partial charge >= 0.3 is 0 Å². The maximum Gasteiger partial charge on any atom is -0.0351 e. The third kappa shape index (κ3) is 6.15. The molecule has 0 aliphatic heterocycles. The van der Waals surface area contributed by atoms with Gasteiger partial charge in [0, 0.05) is 0 Å². The van der Waals surface area contributed by atoms with Gasteiger partial charge in [0.1, 0.15) is 0 Å². The van der Waals surface area contributed by atoms with Gasteiger partial charge in [-0.15, -0.1) is 0 Å². The molecule has 0 aliphatic rings. The van der Waals surface area contributed by atoms with Gasteiger partial charge < -0.3 is 0 Å². The number of rotatable bonds is 5. The van der Waals surface area contributed by atoms with E-state index in [0.29, 0.717) is 5.41 Å². The van der Waals surface area contributed by atoms with E-state index in [1.807, 2.05) is 0 Å². The fraction of sp³-hybridized carbons (Fsp3) is 0.818. The lowest BCUT2D eigenvalue weighted by atomic mass is 9.85. The molecule has 0 aromatic carbocycles. The Kier molecular flexibility index (Phi) is 5.27. The Morgan fingerprint density at radius 1 is 1.27 bits per heavy atom. The Bertz CT molecular complexity index is 109. The maximum absolute atomic E-state index is 2.35. The molecule has 0 amide bonds. The first-order valence-electron chi connectivity index (χ1n) is 4.73. The topological polar surface area (TPSA) is 0 Å². The summed E-state index contributed by atoms with van der Waals surface area (Å²) in [6.07, 6.45) is 9.63. The monoisotopic (exact) mass is 154 g/mol. The molecular weight excluding hydrogens is 132 g/mol. The van der Waals surface area contributed by atoms with E-state index in [1.165, 1.54) is 25.7 Å². The van der Waals surface area contributed by atoms with Crippen LogP contribution in [0.5, 0.6) is 0 Å². The van der Waals surface area contributed by atoms with Crippen molar-refractivity contribution in [3.05, 3.63) is 12.2 Å². The van der Waals surface area contributed by atoms with E-state index in [-0.39, 0.29) is 0 Å². The van der Waals surface area contributed by atoms with Crippen molar-refractivity contribution in [2.45, 2.75) is 53.4 Å². The van der Waals surface area contributed by atoms with Crippen LogP contribution in [0.4, 0.5) is 0 Å². The molecule has 0 saturated heterocycles. The summed E-state index contributed by atoms with van der Waals surface area (Å²) in [6.45, 7) is 9.06. The molecule has 0 bridgehead atoms. The Balaban J connectivity index is 3.37. The third-order valence-electron chi connectivity index (χ3n) is 2.42. The molecule has 11 heavy (non-hydrogen) atoms. The van der Waals surface area contributed by atoms with Crippen molar-refractivity contribution >= 4 is 0 Å². The molecule has 0 aromatic heterocycles. The summed E-state index contributed by atoms with van der Waals surface area (Å²) >= 11 is 0. The molecular formula is C11H22. The highest BCUT2D eigenvalue weighted by molar-refractivity contribution is 4.77. The van der Waals surface area contributed by atoms with Crippen molar-refractivity contribution in [3.8, 4) is 0 Å². The van der Waals surface area contributed by atoms with Crippen LogP contribution < -0.4 is 0 Å². The van der Waals surface area contributed by atoms with Gasteiger partial charge in [0.05, 0.1) is 0 Å². The molecule has 66 valence electrons. The number of hydrogen-bond donors (Lipinski definition) is 0. The summed E-state index contributed by atoms with van der Waals surface area (Å²) in [5.41, 5.74) is 0.557. The minimum Gasteiger partial charge on any atom is -0.0917 e. The minimum absolute atomic E-state index is 0.557. The molecule has 0 saturated carbocycles. The van der Waals surface area contributed by atoms with Crippen LogP contribution in [0.15, 0.2) is 12.2 Å². The van der Waals surface area contributed by atoms with Gasteiger partial charge in [0.25, 0.3) is 0 Å². The second kappa shape index (κ2) is 5.40. The molecule has 0 unspecified atom stereocenters. The van der Waals surface area contributed by atoms with E-state index >= 15 is 0 Å². The first-order chi connectivity index (χ1) is 5.12. The van der Waals surface area contributed by atoms with E-state index in [9.17, 15) is 0 Å². The predicted octanol–water partition coefficient (Wildman–Crippen LogP) is 4.17. The van der Waals surface area contributed by atoms with Gasteiger partial charge in [-0.25, -0.2) is 0 Å². The van der Waals surface area contributed by atoms with Crippen LogP contribution in [0, 0.1) is 5.41 Å². The first-order valence-corrected chi connectivity index (χ1v) is 4.73. The van der Waals surface area contributed by atoms with Crippen LogP contribution in [0.25, 0.3) is 0 Å². The molecule has 0 heterocycles. The molecule has 0 aromatic rings. The number of allylic oxidation sites excluding steroid dienone is 2. The fourth-order valence-corrected chi connectivity index (χ4v) is 1.04. The first kappa shape index (κ1) is 10.7. The quantitative estimate of drug-likeness (QED) is 0.412. The van der Waals surface area contributed by atoms with Gasteiger partial charge in [-0.3, -0.25) is 0 Å². The lowest BCUT2D eigenvalue weighted by molar-refractivity contribution is 0.314. The molecule has 0 fully saturated rings. The number of unbranched alkanes of at least 4 members (excludes halogenated alkanes) is 1. The van der Waals surface area contributed by atoms with Gasteiger partial charge in [0.15, 0.2) is 0 Å². The van der Waals surface area contributed by atoms with Crippen molar-refractivity contribution < 1.29 is 0 Å². The molecule has 0 N–H and O–H groups in total. The minimum atomic E-state index is 0.557. The van der Waals surface area contributed by atoms with Gasteiger partial charge in [-0.2, -0.15) is 0 Å². The fourth-order valence-electron chi connectivity index (χ4n) is 1.04. The summed E-state index contributed by atoms with van der Waals surface area (Å²) in [4.78, 5) is 0. The van der Waals surface area contributed by atoms with Crippen molar-refractivity contribution in [3.63, 3.8) is 0 Å². The van der Waals surface area contributed by atoms with Gasteiger partial charge in [-0.05, 0) is 31.6 Å². The van der Waals surface area contributed by atoms with Gasteiger partial charge in [-0.1, -0.05) is 39.3 Å². The Hall–Kier alpha value is -0.260. The average Bonchev–Trinajstić information content (AvgIpc) is 1.99. The van der Waals surface area contributed by atoms with E-state index in [4.69, 9.17) is 0 Å². The maximum atomic E-state index is 2.35. The summed E-state index contributed by atoms with van der Waals surface area (Å²) in [5, 5.41) is 0. The molecule has 0 atom stereocenters. The van der Waals surface area contributed by atoms with Crippen LogP contribution >= 0.6 is 0 Å². The molecule has 0 spiro atoms. The summed E-state index contributed by atoms with van der Waals surface area (Å²) in [5.74, 6) is 0. The highest BCUT2D eigenvalue weighted by Crippen LogP contribution is 2.26. The van der Waals surface area contributed by atoms with Crippen LogP contribution in [-0.4, -0.2) is 0 Å². The zero-order valence-corrected chi connectivity index (χ0v) is 8.48. The van der Waals surface area contributed by atoms with E-state index in [0.717, 1.165) is 0 Å². The SMILES string of the molecule is CC=CCCCC(C)(C)CC. The molecule has 0 radical (unpaired) electrons. The Labute approximate surface area is 71.7 Å². The molecule has 0 rings (SSSR count). The number of hydrogen-bond acceptors (Lipinski definition) is 0. The summed E-state index contributed by atoms with van der Waals surface area (Å²) in [6, 6.07) is 0. The van der Waals surface area contributed by atoms with E-state index < -0.39 is 0 Å². The van der Waals surface area contributed by atoms with Crippen LogP contribution in [0.3, 0.4) is 0 Å². The van der Waals surface area contributed by atoms with Crippen molar-refractivity contribution in [1.82, 2.24) is 0 Å². The molecule has 0 aliphatic carbocycles. The predicted molar refractivity (Wildman–Crippen MR) is 52.7 cm³/mol. The highest BCUT2D eigenvalue weighted by Gasteiger charge is 2.12. The zero-order valence-electron chi connectivity index (χ0n) is 8.48. The van der Waals surface area contributed by atoms with Crippen LogP contribution in [0.1, 0.15) is 53.4 Å². The highest BCUT2D eigenvalue weighted by atomic mass is 14.2. The Morgan fingerprint density at radius 2 is 1.91 bits per heavy atom. The third-order valence-corrected chi connectivity index (χ3v) is 2.42. The van der Waals surface area contributed by atoms with E-state index in [1.54, 1.807) is 0 Å². The van der Waals surface area contributed by atoms with E-state index in [2.05, 4.69) is 39.8 Å². The second-order valence-electron chi connectivity index (χ2n) is 3.98. The standard InChI is InChI=1S/C11H22/c1-5-7-8-9-10-11(3,4)6-2/h5,7H,6,8-10H2,1-4H3. The molecule has 0 nitrogen and oxygen atoms in total. The Morgan fingerprint density at radius 3 is 2.36 bits per heavy atom. The second-order valence-corrected chi connectivity index (χ2v) is 3.98. The smallest absolute Gasteiger partial charge is 0.0351 e.